The highest BCUT2D eigenvalue weighted by molar-refractivity contribution is 6.19. The van der Waals surface area contributed by atoms with Gasteiger partial charge in [-0.2, -0.15) is 0 Å². The average molecular weight is 253 g/mol. The number of rotatable bonds is 2. The molecular weight excluding hydrogens is 244 g/mol. The number of halogens is 1. The number of nitrogens with one attached hydrogen (secondary N) is 1. The molecule has 0 spiro atoms. The zero-order valence-electron chi connectivity index (χ0n) is 8.99. The van der Waals surface area contributed by atoms with Crippen LogP contribution < -0.4 is 5.32 Å². The number of benzene rings is 1. The summed E-state index contributed by atoms with van der Waals surface area (Å²) >= 11 is 5.39. The molecular formula is C11H9ClN2O3. The first-order valence-corrected chi connectivity index (χ1v) is 5.19. The average Bonchev–Trinajstić information content (AvgIpc) is 2.26. The van der Waals surface area contributed by atoms with Gasteiger partial charge < -0.3 is 5.32 Å². The topological polar surface area (TPSA) is 72.2 Å². The van der Waals surface area contributed by atoms with E-state index in [9.17, 15) is 14.9 Å². The Morgan fingerprint density at radius 2 is 2.29 bits per heavy atom. The molecule has 6 heteroatoms. The molecule has 1 aromatic carbocycles. The van der Waals surface area contributed by atoms with Crippen LogP contribution in [0.2, 0.25) is 0 Å². The minimum absolute atomic E-state index is 0.152. The van der Waals surface area contributed by atoms with Gasteiger partial charge in [0.2, 0.25) is 5.91 Å². The number of anilines is 1. The molecule has 0 saturated carbocycles. The summed E-state index contributed by atoms with van der Waals surface area (Å²) in [6, 6.07) is 4.32. The molecule has 1 N–H and O–H groups in total. The molecule has 0 bridgehead atoms. The predicted octanol–water partition coefficient (Wildman–Crippen LogP) is 2.14. The van der Waals surface area contributed by atoms with E-state index in [0.717, 1.165) is 0 Å². The van der Waals surface area contributed by atoms with Crippen molar-refractivity contribution in [3.63, 3.8) is 0 Å². The van der Waals surface area contributed by atoms with E-state index in [1.54, 1.807) is 6.07 Å². The third-order valence-electron chi connectivity index (χ3n) is 1.80. The van der Waals surface area contributed by atoms with Gasteiger partial charge in [0.25, 0.3) is 5.69 Å². The van der Waals surface area contributed by atoms with Crippen LogP contribution in [0.3, 0.4) is 0 Å². The quantitative estimate of drug-likeness (QED) is 0.379. The Morgan fingerprint density at radius 3 is 2.82 bits per heavy atom. The number of hydrogen-bond acceptors (Lipinski definition) is 3. The van der Waals surface area contributed by atoms with Gasteiger partial charge in [0.05, 0.1) is 10.8 Å². The lowest BCUT2D eigenvalue weighted by Crippen LogP contribution is -2.08. The van der Waals surface area contributed by atoms with Crippen molar-refractivity contribution in [3.05, 3.63) is 33.9 Å². The molecule has 0 atom stereocenters. The van der Waals surface area contributed by atoms with Crippen LogP contribution in [0.4, 0.5) is 11.4 Å². The van der Waals surface area contributed by atoms with E-state index in [0.29, 0.717) is 5.56 Å². The SMILES string of the molecule is CC(=O)Nc1ccc(C#CCCl)cc1[N+](=O)[O-]. The highest BCUT2D eigenvalue weighted by Gasteiger charge is 2.14. The van der Waals surface area contributed by atoms with Crippen LogP contribution in [0.5, 0.6) is 0 Å². The lowest BCUT2D eigenvalue weighted by molar-refractivity contribution is -0.383. The fraction of sp³-hybridized carbons (Fsp3) is 0.182. The van der Waals surface area contributed by atoms with Gasteiger partial charge in [-0.3, -0.25) is 14.9 Å². The second-order valence-electron chi connectivity index (χ2n) is 3.11. The number of carbonyl (C=O) groups excluding carboxylic acids is 1. The molecule has 17 heavy (non-hydrogen) atoms. The molecule has 0 aliphatic rings. The molecule has 0 unspecified atom stereocenters. The highest BCUT2D eigenvalue weighted by Crippen LogP contribution is 2.25. The van der Waals surface area contributed by atoms with Crippen molar-refractivity contribution in [2.24, 2.45) is 0 Å². The van der Waals surface area contributed by atoms with Crippen molar-refractivity contribution >= 4 is 28.9 Å². The number of amides is 1. The van der Waals surface area contributed by atoms with E-state index in [4.69, 9.17) is 11.6 Å². The molecule has 88 valence electrons. The molecule has 0 fully saturated rings. The normalized spacial score (nSPS) is 9.06. The van der Waals surface area contributed by atoms with E-state index in [2.05, 4.69) is 17.2 Å². The Balaban J connectivity index is 3.17. The summed E-state index contributed by atoms with van der Waals surface area (Å²) in [5, 5.41) is 13.2. The van der Waals surface area contributed by atoms with E-state index in [-0.39, 0.29) is 23.2 Å². The van der Waals surface area contributed by atoms with Gasteiger partial charge in [-0.25, -0.2) is 0 Å². The van der Waals surface area contributed by atoms with Crippen LogP contribution in [0, 0.1) is 22.0 Å². The van der Waals surface area contributed by atoms with E-state index < -0.39 is 4.92 Å². The summed E-state index contributed by atoms with van der Waals surface area (Å²) in [7, 11) is 0. The van der Waals surface area contributed by atoms with Gasteiger partial charge in [-0.15, -0.1) is 11.6 Å². The summed E-state index contributed by atoms with van der Waals surface area (Å²) in [6.45, 7) is 1.28. The van der Waals surface area contributed by atoms with Crippen molar-refractivity contribution in [1.82, 2.24) is 0 Å². The Bertz CT molecular complexity index is 517. The minimum atomic E-state index is -0.572. The summed E-state index contributed by atoms with van der Waals surface area (Å²) < 4.78 is 0. The fourth-order valence-corrected chi connectivity index (χ4v) is 1.26. The number of carbonyl (C=O) groups is 1. The summed E-state index contributed by atoms with van der Waals surface area (Å²) in [6.07, 6.45) is 0. The predicted molar refractivity (Wildman–Crippen MR) is 65.0 cm³/mol. The number of hydrogen-bond donors (Lipinski definition) is 1. The van der Waals surface area contributed by atoms with Crippen molar-refractivity contribution in [1.29, 1.82) is 0 Å². The van der Waals surface area contributed by atoms with Crippen molar-refractivity contribution in [2.75, 3.05) is 11.2 Å². The minimum Gasteiger partial charge on any atom is -0.321 e. The maximum absolute atomic E-state index is 10.9. The second-order valence-corrected chi connectivity index (χ2v) is 3.37. The van der Waals surface area contributed by atoms with Crippen molar-refractivity contribution in [2.45, 2.75) is 6.92 Å². The zero-order valence-corrected chi connectivity index (χ0v) is 9.75. The van der Waals surface area contributed by atoms with Crippen LogP contribution in [-0.2, 0) is 4.79 Å². The van der Waals surface area contributed by atoms with Gasteiger partial charge in [-0.1, -0.05) is 11.8 Å². The fourth-order valence-electron chi connectivity index (χ4n) is 1.19. The Kier molecular flexibility index (Phi) is 4.49. The van der Waals surface area contributed by atoms with Crippen LogP contribution in [-0.4, -0.2) is 16.7 Å². The molecule has 0 saturated heterocycles. The summed E-state index contributed by atoms with van der Waals surface area (Å²) in [5.74, 6) is 5.05. The lowest BCUT2D eigenvalue weighted by Gasteiger charge is -2.03. The van der Waals surface area contributed by atoms with Crippen LogP contribution >= 0.6 is 11.6 Å². The summed E-state index contributed by atoms with van der Waals surface area (Å²) in [4.78, 5) is 21.1. The first-order chi connectivity index (χ1) is 8.04. The number of nitro benzene ring substituents is 1. The lowest BCUT2D eigenvalue weighted by atomic mass is 10.1. The van der Waals surface area contributed by atoms with Crippen LogP contribution in [0.15, 0.2) is 18.2 Å². The van der Waals surface area contributed by atoms with Gasteiger partial charge >= 0.3 is 0 Å². The third kappa shape index (κ3) is 3.78. The van der Waals surface area contributed by atoms with E-state index in [1.807, 2.05) is 0 Å². The monoisotopic (exact) mass is 252 g/mol. The molecule has 1 amide bonds. The highest BCUT2D eigenvalue weighted by atomic mass is 35.5. The van der Waals surface area contributed by atoms with E-state index >= 15 is 0 Å². The van der Waals surface area contributed by atoms with Gasteiger partial charge in [0.1, 0.15) is 5.69 Å². The third-order valence-corrected chi connectivity index (χ3v) is 1.94. The smallest absolute Gasteiger partial charge is 0.293 e. The summed E-state index contributed by atoms with van der Waals surface area (Å²) in [5.41, 5.74) is 0.437. The van der Waals surface area contributed by atoms with Crippen LogP contribution in [0.25, 0.3) is 0 Å². The first-order valence-electron chi connectivity index (χ1n) is 4.65. The number of nitro groups is 1. The molecule has 0 aliphatic carbocycles. The number of alkyl halides is 1. The van der Waals surface area contributed by atoms with Crippen molar-refractivity contribution in [3.8, 4) is 11.8 Å². The molecule has 0 aromatic heterocycles. The second kappa shape index (κ2) is 5.87. The van der Waals surface area contributed by atoms with Gasteiger partial charge in [-0.05, 0) is 12.1 Å². The van der Waals surface area contributed by atoms with Gasteiger partial charge in [0, 0.05) is 18.6 Å². The van der Waals surface area contributed by atoms with Crippen LogP contribution in [0.1, 0.15) is 12.5 Å². The number of nitrogens with zero attached hydrogens (tertiary/aromatic N) is 1. The first kappa shape index (κ1) is 13.0. The maximum Gasteiger partial charge on any atom is 0.293 e. The largest absolute Gasteiger partial charge is 0.321 e. The Labute approximate surface area is 103 Å². The molecule has 1 rings (SSSR count). The zero-order chi connectivity index (χ0) is 12.8. The standard InChI is InChI=1S/C11H9ClN2O3/c1-8(15)13-10-5-4-9(3-2-6-12)7-11(10)14(16)17/h4-5,7H,6H2,1H3,(H,13,15). The molecule has 0 radical (unpaired) electrons. The Morgan fingerprint density at radius 1 is 1.59 bits per heavy atom. The Hall–Kier alpha value is -2.06. The van der Waals surface area contributed by atoms with E-state index in [1.165, 1.54) is 19.1 Å². The molecule has 0 aliphatic heterocycles. The maximum atomic E-state index is 10.9. The molecule has 1 aromatic rings. The molecule has 5 nitrogen and oxygen atoms in total. The van der Waals surface area contributed by atoms with Crippen molar-refractivity contribution < 1.29 is 9.72 Å². The van der Waals surface area contributed by atoms with Gasteiger partial charge in [0.15, 0.2) is 0 Å². The molecule has 0 heterocycles.